The summed E-state index contributed by atoms with van der Waals surface area (Å²) >= 11 is 1.61. The van der Waals surface area contributed by atoms with Crippen LogP contribution in [0.2, 0.25) is 0 Å². The van der Waals surface area contributed by atoms with Crippen LogP contribution in [0.1, 0.15) is 40.6 Å². The first-order valence-corrected chi connectivity index (χ1v) is 8.95. The van der Waals surface area contributed by atoms with Crippen LogP contribution in [0.25, 0.3) is 0 Å². The van der Waals surface area contributed by atoms with Gasteiger partial charge in [0.25, 0.3) is 5.91 Å². The van der Waals surface area contributed by atoms with Crippen LogP contribution in [-0.4, -0.2) is 48.9 Å². The molecule has 1 aromatic carbocycles. The number of hydrogen-bond acceptors (Lipinski definition) is 5. The monoisotopic (exact) mass is 335 g/mol. The number of thioether (sulfide) groups is 1. The fraction of sp³-hybridized carbons (Fsp3) is 0.529. The Balaban J connectivity index is 1.73. The number of carbonyl (C=O) groups excluding carboxylic acids is 2. The van der Waals surface area contributed by atoms with Crippen LogP contribution in [0.4, 0.5) is 0 Å². The van der Waals surface area contributed by atoms with Gasteiger partial charge in [-0.2, -0.15) is 0 Å². The third kappa shape index (κ3) is 3.53. The maximum absolute atomic E-state index is 12.7. The number of rotatable bonds is 6. The first kappa shape index (κ1) is 16.3. The predicted molar refractivity (Wildman–Crippen MR) is 88.3 cm³/mol. The van der Waals surface area contributed by atoms with Gasteiger partial charge in [0.15, 0.2) is 0 Å². The molecule has 5 nitrogen and oxygen atoms in total. The van der Waals surface area contributed by atoms with Crippen molar-refractivity contribution in [3.05, 3.63) is 35.4 Å². The highest BCUT2D eigenvalue weighted by atomic mass is 32.2. The number of nitrogens with zero attached hydrogens (tertiary/aromatic N) is 1. The molecule has 1 saturated heterocycles. The number of amides is 1. The second-order valence-corrected chi connectivity index (χ2v) is 6.92. The molecular formula is C17H21NO4S. The number of carbonyl (C=O) groups is 2. The normalized spacial score (nSPS) is 23.2. The summed E-state index contributed by atoms with van der Waals surface area (Å²) in [5.74, 6) is 0.466. The van der Waals surface area contributed by atoms with Gasteiger partial charge in [0.1, 0.15) is 5.37 Å². The van der Waals surface area contributed by atoms with E-state index in [9.17, 15) is 9.59 Å². The highest BCUT2D eigenvalue weighted by Gasteiger charge is 2.38. The Bertz CT molecular complexity index is 586. The maximum atomic E-state index is 12.7. The van der Waals surface area contributed by atoms with Gasteiger partial charge in [-0.05, 0) is 24.5 Å². The average molecular weight is 335 g/mol. The van der Waals surface area contributed by atoms with E-state index < -0.39 is 0 Å². The van der Waals surface area contributed by atoms with Gasteiger partial charge in [-0.1, -0.05) is 18.2 Å². The molecule has 2 atom stereocenters. The van der Waals surface area contributed by atoms with E-state index in [0.29, 0.717) is 18.7 Å². The van der Waals surface area contributed by atoms with E-state index in [1.165, 1.54) is 7.11 Å². The Kier molecular flexibility index (Phi) is 5.23. The second kappa shape index (κ2) is 7.36. The standard InChI is InChI=1S/C17H21NO4S/c1-21-15(19)8-10-23-17-14-7-3-2-6-13(14)16(20)18(17)11-12-5-4-9-22-12/h2-3,6-7,12,17H,4-5,8-11H2,1H3/t12-,17-/m0/s1. The zero-order chi connectivity index (χ0) is 16.2. The van der Waals surface area contributed by atoms with E-state index in [2.05, 4.69) is 4.74 Å². The largest absolute Gasteiger partial charge is 0.469 e. The molecule has 0 aliphatic carbocycles. The molecule has 0 radical (unpaired) electrons. The first-order valence-electron chi connectivity index (χ1n) is 7.90. The van der Waals surface area contributed by atoms with Crippen LogP contribution in [-0.2, 0) is 14.3 Å². The van der Waals surface area contributed by atoms with Gasteiger partial charge in [0.2, 0.25) is 0 Å². The highest BCUT2D eigenvalue weighted by Crippen LogP contribution is 2.42. The molecule has 0 spiro atoms. The maximum Gasteiger partial charge on any atom is 0.306 e. The lowest BCUT2D eigenvalue weighted by atomic mass is 10.1. The molecular weight excluding hydrogens is 314 g/mol. The molecule has 6 heteroatoms. The van der Waals surface area contributed by atoms with Gasteiger partial charge in [-0.3, -0.25) is 9.59 Å². The number of hydrogen-bond donors (Lipinski definition) is 0. The summed E-state index contributed by atoms with van der Waals surface area (Å²) in [5.41, 5.74) is 1.80. The lowest BCUT2D eigenvalue weighted by Gasteiger charge is -2.27. The predicted octanol–water partition coefficient (Wildman–Crippen LogP) is 2.62. The third-order valence-corrected chi connectivity index (χ3v) is 5.50. The fourth-order valence-electron chi connectivity index (χ4n) is 3.06. The number of esters is 1. The smallest absolute Gasteiger partial charge is 0.306 e. The minimum absolute atomic E-state index is 0.0486. The van der Waals surface area contributed by atoms with Crippen molar-refractivity contribution in [2.24, 2.45) is 0 Å². The minimum Gasteiger partial charge on any atom is -0.469 e. The van der Waals surface area contributed by atoms with Crippen LogP contribution in [0.3, 0.4) is 0 Å². The van der Waals surface area contributed by atoms with Crippen molar-refractivity contribution in [3.8, 4) is 0 Å². The number of methoxy groups -OCH3 is 1. The molecule has 3 rings (SSSR count). The lowest BCUT2D eigenvalue weighted by Crippen LogP contribution is -2.34. The molecule has 0 unspecified atom stereocenters. The molecule has 1 aromatic rings. The van der Waals surface area contributed by atoms with Crippen molar-refractivity contribution in [1.82, 2.24) is 4.90 Å². The van der Waals surface area contributed by atoms with Gasteiger partial charge in [-0.25, -0.2) is 0 Å². The molecule has 1 fully saturated rings. The van der Waals surface area contributed by atoms with Crippen molar-refractivity contribution in [2.75, 3.05) is 26.0 Å². The van der Waals surface area contributed by atoms with Gasteiger partial charge in [0.05, 0.1) is 19.6 Å². The third-order valence-electron chi connectivity index (χ3n) is 4.24. The topological polar surface area (TPSA) is 55.8 Å². The van der Waals surface area contributed by atoms with Crippen LogP contribution in [0.5, 0.6) is 0 Å². The molecule has 0 saturated carbocycles. The lowest BCUT2D eigenvalue weighted by molar-refractivity contribution is -0.140. The van der Waals surface area contributed by atoms with Crippen molar-refractivity contribution < 1.29 is 19.1 Å². The summed E-state index contributed by atoms with van der Waals surface area (Å²) in [6, 6.07) is 7.72. The molecule has 2 aliphatic rings. The number of benzene rings is 1. The van der Waals surface area contributed by atoms with Gasteiger partial charge >= 0.3 is 5.97 Å². The first-order chi connectivity index (χ1) is 11.2. The summed E-state index contributed by atoms with van der Waals surface area (Å²) in [6.07, 6.45) is 2.53. The Hall–Kier alpha value is -1.53. The minimum atomic E-state index is -0.221. The summed E-state index contributed by atoms with van der Waals surface area (Å²) in [5, 5.41) is -0.0486. The Morgan fingerprint density at radius 2 is 2.26 bits per heavy atom. The van der Waals surface area contributed by atoms with Crippen molar-refractivity contribution >= 4 is 23.6 Å². The summed E-state index contributed by atoms with van der Waals surface area (Å²) in [6.45, 7) is 1.39. The Morgan fingerprint density at radius 3 is 3.00 bits per heavy atom. The van der Waals surface area contributed by atoms with E-state index in [-0.39, 0.29) is 23.4 Å². The number of ether oxygens (including phenoxy) is 2. The van der Waals surface area contributed by atoms with E-state index >= 15 is 0 Å². The van der Waals surface area contributed by atoms with E-state index in [0.717, 1.165) is 30.6 Å². The molecule has 124 valence electrons. The number of fused-ring (bicyclic) bond motifs is 1. The molecule has 0 bridgehead atoms. The van der Waals surface area contributed by atoms with Crippen LogP contribution in [0.15, 0.2) is 24.3 Å². The molecule has 0 N–H and O–H groups in total. The van der Waals surface area contributed by atoms with E-state index in [1.54, 1.807) is 11.8 Å². The second-order valence-electron chi connectivity index (χ2n) is 5.73. The molecule has 0 aromatic heterocycles. The Labute approximate surface area is 140 Å². The van der Waals surface area contributed by atoms with E-state index in [1.807, 2.05) is 29.2 Å². The van der Waals surface area contributed by atoms with Crippen molar-refractivity contribution in [2.45, 2.75) is 30.7 Å². The summed E-state index contributed by atoms with van der Waals surface area (Å²) in [7, 11) is 1.39. The van der Waals surface area contributed by atoms with Crippen molar-refractivity contribution in [1.29, 1.82) is 0 Å². The highest BCUT2D eigenvalue weighted by molar-refractivity contribution is 7.99. The van der Waals surface area contributed by atoms with Crippen LogP contribution >= 0.6 is 11.8 Å². The van der Waals surface area contributed by atoms with E-state index in [4.69, 9.17) is 4.74 Å². The van der Waals surface area contributed by atoms with Crippen molar-refractivity contribution in [3.63, 3.8) is 0 Å². The fourth-order valence-corrected chi connectivity index (χ4v) is 4.31. The zero-order valence-electron chi connectivity index (χ0n) is 13.2. The summed E-state index contributed by atoms with van der Waals surface area (Å²) in [4.78, 5) is 25.9. The average Bonchev–Trinajstić information content (AvgIpc) is 3.17. The van der Waals surface area contributed by atoms with Crippen LogP contribution < -0.4 is 0 Å². The molecule has 23 heavy (non-hydrogen) atoms. The van der Waals surface area contributed by atoms with Gasteiger partial charge in [-0.15, -0.1) is 11.8 Å². The summed E-state index contributed by atoms with van der Waals surface area (Å²) < 4.78 is 10.4. The molecule has 2 aliphatic heterocycles. The van der Waals surface area contributed by atoms with Gasteiger partial charge < -0.3 is 14.4 Å². The van der Waals surface area contributed by atoms with Gasteiger partial charge in [0, 0.05) is 24.5 Å². The SMILES string of the molecule is COC(=O)CCS[C@H]1c2ccccc2C(=O)N1C[C@@H]1CCCO1. The molecule has 1 amide bonds. The zero-order valence-corrected chi connectivity index (χ0v) is 14.0. The Morgan fingerprint density at radius 1 is 1.43 bits per heavy atom. The van der Waals surface area contributed by atoms with Crippen LogP contribution in [0, 0.1) is 0 Å². The quantitative estimate of drug-likeness (QED) is 0.748. The molecule has 2 heterocycles.